The third-order valence-electron chi connectivity index (χ3n) is 2.06. The fraction of sp³-hybridized carbons (Fsp3) is 0.400. The van der Waals surface area contributed by atoms with Crippen LogP contribution in [0.3, 0.4) is 0 Å². The molecule has 16 heavy (non-hydrogen) atoms. The van der Waals surface area contributed by atoms with Gasteiger partial charge in [-0.3, -0.25) is 4.98 Å². The van der Waals surface area contributed by atoms with Crippen molar-refractivity contribution in [3.05, 3.63) is 28.6 Å². The van der Waals surface area contributed by atoms with Crippen LogP contribution in [0.2, 0.25) is 0 Å². The van der Waals surface area contributed by atoms with Gasteiger partial charge >= 0.3 is 5.97 Å². The summed E-state index contributed by atoms with van der Waals surface area (Å²) in [4.78, 5) is 15.1. The number of esters is 1. The average molecular weight is 294 g/mol. The predicted octanol–water partition coefficient (Wildman–Crippen LogP) is 3.01. The van der Waals surface area contributed by atoms with E-state index in [2.05, 4.69) is 25.7 Å². The highest BCUT2D eigenvalue weighted by Gasteiger charge is 2.19. The van der Waals surface area contributed by atoms with Gasteiger partial charge in [0.15, 0.2) is 0 Å². The summed E-state index contributed by atoms with van der Waals surface area (Å²) in [5, 5.41) is 0.292. The molecule has 88 valence electrons. The van der Waals surface area contributed by atoms with Gasteiger partial charge in [-0.25, -0.2) is 13.6 Å². The smallest absolute Gasteiger partial charge is 0.340 e. The molecule has 0 atom stereocenters. The highest BCUT2D eigenvalue weighted by Crippen LogP contribution is 2.23. The first-order valence-corrected chi connectivity index (χ1v) is 5.56. The number of hydrogen-bond acceptors (Lipinski definition) is 3. The van der Waals surface area contributed by atoms with Gasteiger partial charge in [-0.05, 0) is 18.6 Å². The highest BCUT2D eigenvalue weighted by molar-refractivity contribution is 9.08. The van der Waals surface area contributed by atoms with Crippen LogP contribution in [-0.2, 0) is 10.1 Å². The second-order valence-corrected chi connectivity index (χ2v) is 3.65. The van der Waals surface area contributed by atoms with E-state index < -0.39 is 12.4 Å². The van der Waals surface area contributed by atoms with Crippen molar-refractivity contribution < 1.29 is 18.3 Å². The van der Waals surface area contributed by atoms with Crippen molar-refractivity contribution in [2.45, 2.75) is 18.7 Å². The second-order valence-electron chi connectivity index (χ2n) is 3.09. The summed E-state index contributed by atoms with van der Waals surface area (Å²) in [6.45, 7) is 1.50. The third kappa shape index (κ3) is 2.55. The van der Waals surface area contributed by atoms with Crippen molar-refractivity contribution in [1.29, 1.82) is 0 Å². The lowest BCUT2D eigenvalue weighted by Crippen LogP contribution is -2.10. The van der Waals surface area contributed by atoms with E-state index in [1.54, 1.807) is 0 Å². The molecule has 1 rings (SSSR count). The minimum absolute atomic E-state index is 0.240. The van der Waals surface area contributed by atoms with Crippen LogP contribution < -0.4 is 0 Å². The molecule has 0 bridgehead atoms. The summed E-state index contributed by atoms with van der Waals surface area (Å²) in [5.41, 5.74) is 0.608. The molecule has 0 spiro atoms. The predicted molar refractivity (Wildman–Crippen MR) is 57.9 cm³/mol. The first kappa shape index (κ1) is 13.0. The summed E-state index contributed by atoms with van der Waals surface area (Å²) in [7, 11) is 1.24. The number of rotatable bonds is 3. The molecule has 6 heteroatoms. The summed E-state index contributed by atoms with van der Waals surface area (Å²) in [5.74, 6) is -0.569. The summed E-state index contributed by atoms with van der Waals surface area (Å²) in [6, 6.07) is 1.21. The van der Waals surface area contributed by atoms with Gasteiger partial charge in [-0.15, -0.1) is 0 Å². The topological polar surface area (TPSA) is 39.2 Å². The molecule has 0 aromatic carbocycles. The number of ether oxygens (including phenoxy) is 1. The molecule has 0 N–H and O–H groups in total. The minimum atomic E-state index is -2.65. The number of aromatic nitrogens is 1. The molecule has 0 aliphatic carbocycles. The zero-order valence-electron chi connectivity index (χ0n) is 8.76. The van der Waals surface area contributed by atoms with Crippen LogP contribution >= 0.6 is 15.9 Å². The molecular weight excluding hydrogens is 284 g/mol. The Labute approximate surface area is 99.9 Å². The maximum atomic E-state index is 12.5. The van der Waals surface area contributed by atoms with Gasteiger partial charge in [0.1, 0.15) is 5.69 Å². The Morgan fingerprint density at radius 3 is 2.69 bits per heavy atom. The van der Waals surface area contributed by atoms with Crippen LogP contribution in [0.1, 0.15) is 33.7 Å². The van der Waals surface area contributed by atoms with Gasteiger partial charge in [0.2, 0.25) is 0 Å². The zero-order chi connectivity index (χ0) is 12.3. The molecule has 0 saturated heterocycles. The first-order chi connectivity index (χ1) is 7.51. The van der Waals surface area contributed by atoms with E-state index in [4.69, 9.17) is 0 Å². The molecule has 0 aliphatic rings. The van der Waals surface area contributed by atoms with Gasteiger partial charge < -0.3 is 4.74 Å². The van der Waals surface area contributed by atoms with Gasteiger partial charge in [0.05, 0.1) is 18.4 Å². The van der Waals surface area contributed by atoms with Gasteiger partial charge in [-0.2, -0.15) is 0 Å². The first-order valence-electron chi connectivity index (χ1n) is 4.44. The Balaban J connectivity index is 3.34. The monoisotopic (exact) mass is 293 g/mol. The molecule has 1 heterocycles. The summed E-state index contributed by atoms with van der Waals surface area (Å²) < 4.78 is 29.5. The van der Waals surface area contributed by atoms with Crippen LogP contribution in [0.5, 0.6) is 0 Å². The SMILES string of the molecule is COC(=O)c1c(CBr)cc(C(F)F)nc1C. The maximum absolute atomic E-state index is 12.5. The van der Waals surface area contributed by atoms with E-state index in [1.165, 1.54) is 20.1 Å². The van der Waals surface area contributed by atoms with E-state index in [0.29, 0.717) is 10.9 Å². The number of halogens is 3. The Morgan fingerprint density at radius 2 is 2.25 bits per heavy atom. The van der Waals surface area contributed by atoms with E-state index >= 15 is 0 Å². The molecule has 0 unspecified atom stereocenters. The Kier molecular flexibility index (Phi) is 4.35. The number of aryl methyl sites for hydroxylation is 1. The second kappa shape index (κ2) is 5.34. The van der Waals surface area contributed by atoms with Crippen LogP contribution in [0.4, 0.5) is 8.78 Å². The standard InChI is InChI=1S/C10H10BrF2NO2/c1-5-8(10(15)16-2)6(4-11)3-7(14-5)9(12)13/h3,9H,4H2,1-2H3. The third-order valence-corrected chi connectivity index (χ3v) is 2.66. The number of alkyl halides is 3. The molecule has 0 saturated carbocycles. The highest BCUT2D eigenvalue weighted by atomic mass is 79.9. The Morgan fingerprint density at radius 1 is 1.62 bits per heavy atom. The fourth-order valence-corrected chi connectivity index (χ4v) is 1.81. The molecule has 0 radical (unpaired) electrons. The molecule has 0 fully saturated rings. The quantitative estimate of drug-likeness (QED) is 0.635. The molecular formula is C10H10BrF2NO2. The lowest BCUT2D eigenvalue weighted by molar-refractivity contribution is 0.0597. The van der Waals surface area contributed by atoms with E-state index in [-0.39, 0.29) is 17.0 Å². The molecule has 0 aliphatic heterocycles. The van der Waals surface area contributed by atoms with Gasteiger partial charge in [0.25, 0.3) is 6.43 Å². The number of pyridine rings is 1. The van der Waals surface area contributed by atoms with Crippen molar-refractivity contribution in [1.82, 2.24) is 4.98 Å². The zero-order valence-corrected chi connectivity index (χ0v) is 10.3. The van der Waals surface area contributed by atoms with Crippen LogP contribution in [0.15, 0.2) is 6.07 Å². The number of methoxy groups -OCH3 is 1. The van der Waals surface area contributed by atoms with Crippen molar-refractivity contribution in [2.24, 2.45) is 0 Å². The number of carbonyl (C=O) groups excluding carboxylic acids is 1. The Bertz CT molecular complexity index is 410. The van der Waals surface area contributed by atoms with Crippen LogP contribution in [-0.4, -0.2) is 18.1 Å². The molecule has 1 aromatic heterocycles. The number of nitrogens with zero attached hydrogens (tertiary/aromatic N) is 1. The van der Waals surface area contributed by atoms with Gasteiger partial charge in [0, 0.05) is 5.33 Å². The normalized spacial score (nSPS) is 10.6. The summed E-state index contributed by atoms with van der Waals surface area (Å²) >= 11 is 3.14. The number of carbonyl (C=O) groups is 1. The largest absolute Gasteiger partial charge is 0.465 e. The maximum Gasteiger partial charge on any atom is 0.340 e. The molecule has 1 aromatic rings. The van der Waals surface area contributed by atoms with Crippen LogP contribution in [0.25, 0.3) is 0 Å². The van der Waals surface area contributed by atoms with Crippen molar-refractivity contribution in [3.8, 4) is 0 Å². The average Bonchev–Trinajstić information content (AvgIpc) is 2.26. The lowest BCUT2D eigenvalue weighted by Gasteiger charge is -2.10. The Hall–Kier alpha value is -1.04. The molecule has 3 nitrogen and oxygen atoms in total. The lowest BCUT2D eigenvalue weighted by atomic mass is 10.1. The van der Waals surface area contributed by atoms with E-state index in [9.17, 15) is 13.6 Å². The van der Waals surface area contributed by atoms with E-state index in [1.807, 2.05) is 0 Å². The van der Waals surface area contributed by atoms with Gasteiger partial charge in [-0.1, -0.05) is 15.9 Å². The van der Waals surface area contributed by atoms with Crippen molar-refractivity contribution in [2.75, 3.05) is 7.11 Å². The summed E-state index contributed by atoms with van der Waals surface area (Å²) in [6.07, 6.45) is -2.65. The number of hydrogen-bond donors (Lipinski definition) is 0. The van der Waals surface area contributed by atoms with Crippen molar-refractivity contribution >= 4 is 21.9 Å². The van der Waals surface area contributed by atoms with Crippen molar-refractivity contribution in [3.63, 3.8) is 0 Å². The molecule has 0 amide bonds. The van der Waals surface area contributed by atoms with E-state index in [0.717, 1.165) is 0 Å². The fourth-order valence-electron chi connectivity index (χ4n) is 1.36. The van der Waals surface area contributed by atoms with Crippen LogP contribution in [0, 0.1) is 6.92 Å². The minimum Gasteiger partial charge on any atom is -0.465 e.